The minimum Gasteiger partial charge on any atom is -0.366 e. The summed E-state index contributed by atoms with van der Waals surface area (Å²) in [5.41, 5.74) is 0. The molecule has 0 amide bonds. The van der Waals surface area contributed by atoms with Crippen LogP contribution in [0.3, 0.4) is 0 Å². The minimum atomic E-state index is 0.465. The maximum absolute atomic E-state index is 5.78. The van der Waals surface area contributed by atoms with Gasteiger partial charge in [-0.05, 0) is 38.4 Å². The topological polar surface area (TPSA) is 37.0 Å². The third-order valence-electron chi connectivity index (χ3n) is 2.82. The van der Waals surface area contributed by atoms with Crippen molar-refractivity contribution in [2.45, 2.75) is 31.8 Å². The van der Waals surface area contributed by atoms with Crippen LogP contribution in [0.1, 0.15) is 19.8 Å². The fourth-order valence-corrected chi connectivity index (χ4v) is 2.00. The van der Waals surface area contributed by atoms with Gasteiger partial charge in [0.15, 0.2) is 0 Å². The number of nitrogens with one attached hydrogen (secondary N) is 2. The van der Waals surface area contributed by atoms with Crippen molar-refractivity contribution < 1.29 is 0 Å². The molecule has 1 aliphatic heterocycles. The van der Waals surface area contributed by atoms with Crippen LogP contribution in [0.4, 0.5) is 5.82 Å². The highest BCUT2D eigenvalue weighted by Crippen LogP contribution is 2.15. The molecule has 0 aliphatic carbocycles. The van der Waals surface area contributed by atoms with Gasteiger partial charge in [-0.25, -0.2) is 4.98 Å². The lowest BCUT2D eigenvalue weighted by Crippen LogP contribution is -2.46. The predicted molar refractivity (Wildman–Crippen MR) is 63.4 cm³/mol. The van der Waals surface area contributed by atoms with Crippen molar-refractivity contribution >= 4 is 17.4 Å². The van der Waals surface area contributed by atoms with Crippen molar-refractivity contribution in [3.63, 3.8) is 0 Å². The molecule has 2 rings (SSSR count). The fourth-order valence-electron chi connectivity index (χ4n) is 1.89. The first-order valence-electron chi connectivity index (χ1n) is 5.37. The summed E-state index contributed by atoms with van der Waals surface area (Å²) in [6.07, 6.45) is 4.08. The van der Waals surface area contributed by atoms with E-state index in [1.165, 1.54) is 12.8 Å². The zero-order valence-corrected chi connectivity index (χ0v) is 9.59. The first-order chi connectivity index (χ1) is 7.25. The molecule has 15 heavy (non-hydrogen) atoms. The molecular weight excluding hydrogens is 210 g/mol. The molecule has 4 heteroatoms. The van der Waals surface area contributed by atoms with Gasteiger partial charge in [0.1, 0.15) is 5.82 Å². The molecule has 0 radical (unpaired) electrons. The molecule has 2 heterocycles. The highest BCUT2D eigenvalue weighted by molar-refractivity contribution is 6.30. The second kappa shape index (κ2) is 4.81. The highest BCUT2D eigenvalue weighted by atomic mass is 35.5. The highest BCUT2D eigenvalue weighted by Gasteiger charge is 2.20. The SMILES string of the molecule is CC1NCCCC1Nc1ccc(Cl)cn1. The predicted octanol–water partition coefficient (Wildman–Crippen LogP) is 2.29. The number of hydrogen-bond donors (Lipinski definition) is 2. The summed E-state index contributed by atoms with van der Waals surface area (Å²) >= 11 is 5.78. The summed E-state index contributed by atoms with van der Waals surface area (Å²) in [7, 11) is 0. The number of pyridine rings is 1. The molecule has 2 unspecified atom stereocenters. The largest absolute Gasteiger partial charge is 0.366 e. The van der Waals surface area contributed by atoms with E-state index in [1.54, 1.807) is 6.20 Å². The Hall–Kier alpha value is -0.800. The van der Waals surface area contributed by atoms with Gasteiger partial charge >= 0.3 is 0 Å². The number of nitrogens with zero attached hydrogens (tertiary/aromatic N) is 1. The summed E-state index contributed by atoms with van der Waals surface area (Å²) in [6, 6.07) is 4.74. The third kappa shape index (κ3) is 2.83. The second-order valence-corrected chi connectivity index (χ2v) is 4.43. The van der Waals surface area contributed by atoms with Crippen molar-refractivity contribution in [1.29, 1.82) is 0 Å². The van der Waals surface area contributed by atoms with Crippen LogP contribution in [-0.2, 0) is 0 Å². The molecule has 0 spiro atoms. The van der Waals surface area contributed by atoms with Crippen LogP contribution in [0.2, 0.25) is 5.02 Å². The molecule has 1 saturated heterocycles. The fraction of sp³-hybridized carbons (Fsp3) is 0.545. The van der Waals surface area contributed by atoms with Gasteiger partial charge < -0.3 is 10.6 Å². The van der Waals surface area contributed by atoms with Crippen molar-refractivity contribution in [2.75, 3.05) is 11.9 Å². The first-order valence-corrected chi connectivity index (χ1v) is 5.75. The summed E-state index contributed by atoms with van der Waals surface area (Å²) in [4.78, 5) is 4.24. The van der Waals surface area contributed by atoms with Crippen molar-refractivity contribution in [1.82, 2.24) is 10.3 Å². The van der Waals surface area contributed by atoms with Gasteiger partial charge in [0.05, 0.1) is 5.02 Å². The molecule has 82 valence electrons. The van der Waals surface area contributed by atoms with E-state index in [0.717, 1.165) is 12.4 Å². The number of anilines is 1. The van der Waals surface area contributed by atoms with Crippen molar-refractivity contribution in [2.24, 2.45) is 0 Å². The van der Waals surface area contributed by atoms with Crippen LogP contribution < -0.4 is 10.6 Å². The van der Waals surface area contributed by atoms with Crippen LogP contribution >= 0.6 is 11.6 Å². The smallest absolute Gasteiger partial charge is 0.126 e. The average Bonchev–Trinajstić information content (AvgIpc) is 2.25. The minimum absolute atomic E-state index is 0.465. The molecule has 0 aromatic carbocycles. The molecule has 1 aliphatic rings. The number of halogens is 1. The Balaban J connectivity index is 1.98. The lowest BCUT2D eigenvalue weighted by molar-refractivity contribution is 0.389. The molecule has 0 bridgehead atoms. The van der Waals surface area contributed by atoms with E-state index in [1.807, 2.05) is 12.1 Å². The van der Waals surface area contributed by atoms with Gasteiger partial charge in [0, 0.05) is 18.3 Å². The molecule has 3 nitrogen and oxygen atoms in total. The zero-order chi connectivity index (χ0) is 10.7. The van der Waals surface area contributed by atoms with E-state index in [-0.39, 0.29) is 0 Å². The first kappa shape index (κ1) is 10.7. The second-order valence-electron chi connectivity index (χ2n) is 4.00. The van der Waals surface area contributed by atoms with E-state index in [2.05, 4.69) is 22.5 Å². The lowest BCUT2D eigenvalue weighted by atomic mass is 10.00. The van der Waals surface area contributed by atoms with Gasteiger partial charge in [0.25, 0.3) is 0 Å². The van der Waals surface area contributed by atoms with Gasteiger partial charge in [-0.15, -0.1) is 0 Å². The van der Waals surface area contributed by atoms with Gasteiger partial charge in [-0.3, -0.25) is 0 Å². The summed E-state index contributed by atoms with van der Waals surface area (Å²) in [5.74, 6) is 0.903. The number of piperidine rings is 1. The molecule has 2 atom stereocenters. The maximum Gasteiger partial charge on any atom is 0.126 e. The summed E-state index contributed by atoms with van der Waals surface area (Å²) in [5, 5.41) is 7.55. The monoisotopic (exact) mass is 225 g/mol. The summed E-state index contributed by atoms with van der Waals surface area (Å²) < 4.78 is 0. The lowest BCUT2D eigenvalue weighted by Gasteiger charge is -2.31. The number of aromatic nitrogens is 1. The molecule has 0 saturated carbocycles. The van der Waals surface area contributed by atoms with Crippen LogP contribution in [0.25, 0.3) is 0 Å². The van der Waals surface area contributed by atoms with E-state index in [0.29, 0.717) is 17.1 Å². The Kier molecular flexibility index (Phi) is 3.44. The Labute approximate surface area is 95.2 Å². The van der Waals surface area contributed by atoms with Crippen LogP contribution in [-0.4, -0.2) is 23.6 Å². The van der Waals surface area contributed by atoms with Gasteiger partial charge in [0.2, 0.25) is 0 Å². The van der Waals surface area contributed by atoms with Gasteiger partial charge in [-0.1, -0.05) is 11.6 Å². The Morgan fingerprint density at radius 3 is 3.07 bits per heavy atom. The number of rotatable bonds is 2. The van der Waals surface area contributed by atoms with Gasteiger partial charge in [-0.2, -0.15) is 0 Å². The normalized spacial score (nSPS) is 26.3. The Morgan fingerprint density at radius 2 is 2.40 bits per heavy atom. The Morgan fingerprint density at radius 1 is 1.53 bits per heavy atom. The van der Waals surface area contributed by atoms with Crippen LogP contribution in [0, 0.1) is 0 Å². The summed E-state index contributed by atoms with van der Waals surface area (Å²) in [6.45, 7) is 3.32. The third-order valence-corrected chi connectivity index (χ3v) is 3.05. The molecule has 1 fully saturated rings. The molecular formula is C11H16ClN3. The maximum atomic E-state index is 5.78. The average molecular weight is 226 g/mol. The zero-order valence-electron chi connectivity index (χ0n) is 8.83. The molecule has 2 N–H and O–H groups in total. The standard InChI is InChI=1S/C11H16ClN3/c1-8-10(3-2-6-13-8)15-11-5-4-9(12)7-14-11/h4-5,7-8,10,13H,2-3,6H2,1H3,(H,14,15). The van der Waals surface area contributed by atoms with E-state index in [9.17, 15) is 0 Å². The van der Waals surface area contributed by atoms with Crippen molar-refractivity contribution in [3.8, 4) is 0 Å². The number of hydrogen-bond acceptors (Lipinski definition) is 3. The Bertz CT molecular complexity index is 312. The molecule has 1 aromatic heterocycles. The molecule has 1 aromatic rings. The van der Waals surface area contributed by atoms with E-state index < -0.39 is 0 Å². The van der Waals surface area contributed by atoms with Crippen LogP contribution in [0.15, 0.2) is 18.3 Å². The quantitative estimate of drug-likeness (QED) is 0.811. The van der Waals surface area contributed by atoms with E-state index in [4.69, 9.17) is 11.6 Å². The van der Waals surface area contributed by atoms with E-state index >= 15 is 0 Å². The van der Waals surface area contributed by atoms with Crippen LogP contribution in [0.5, 0.6) is 0 Å². The van der Waals surface area contributed by atoms with Crippen molar-refractivity contribution in [3.05, 3.63) is 23.4 Å².